The second-order valence-electron chi connectivity index (χ2n) is 4.24. The lowest BCUT2D eigenvalue weighted by Gasteiger charge is -2.32. The molecule has 0 aliphatic carbocycles. The van der Waals surface area contributed by atoms with Crippen LogP contribution in [-0.2, 0) is 10.0 Å². The normalized spacial score (nSPS) is 22.1. The van der Waals surface area contributed by atoms with Gasteiger partial charge in [0.25, 0.3) is 0 Å². The summed E-state index contributed by atoms with van der Waals surface area (Å²) in [6.45, 7) is 3.33. The number of halogens is 2. The predicted molar refractivity (Wildman–Crippen MR) is 70.3 cm³/mol. The van der Waals surface area contributed by atoms with E-state index in [2.05, 4.69) is 21.2 Å². The lowest BCUT2D eigenvalue weighted by atomic mass is 10.3. The van der Waals surface area contributed by atoms with Gasteiger partial charge in [0.1, 0.15) is 10.7 Å². The second-order valence-corrected chi connectivity index (χ2v) is 7.02. The van der Waals surface area contributed by atoms with Gasteiger partial charge in [-0.2, -0.15) is 4.31 Å². The maximum Gasteiger partial charge on any atom is 0.246 e. The second kappa shape index (κ2) is 5.24. The topological polar surface area (TPSA) is 49.4 Å². The summed E-state index contributed by atoms with van der Waals surface area (Å²) < 4.78 is 40.4. The highest BCUT2D eigenvalue weighted by Gasteiger charge is 2.32. The van der Waals surface area contributed by atoms with E-state index in [0.717, 1.165) is 0 Å². The van der Waals surface area contributed by atoms with Crippen molar-refractivity contribution in [2.75, 3.05) is 19.6 Å². The van der Waals surface area contributed by atoms with Crippen LogP contribution in [-0.4, -0.2) is 38.4 Å². The van der Waals surface area contributed by atoms with Crippen molar-refractivity contribution in [3.63, 3.8) is 0 Å². The SMILES string of the molecule is C[C@@H]1CNCCN1S(=O)(=O)c1ccc(Br)cc1F. The zero-order valence-electron chi connectivity index (χ0n) is 9.86. The van der Waals surface area contributed by atoms with Gasteiger partial charge in [-0.1, -0.05) is 15.9 Å². The molecule has 0 aromatic heterocycles. The Kier molecular flexibility index (Phi) is 4.05. The van der Waals surface area contributed by atoms with Gasteiger partial charge in [0.2, 0.25) is 10.0 Å². The molecule has 4 nitrogen and oxygen atoms in total. The summed E-state index contributed by atoms with van der Waals surface area (Å²) in [6, 6.07) is 3.82. The number of hydrogen-bond acceptors (Lipinski definition) is 3. The summed E-state index contributed by atoms with van der Waals surface area (Å²) in [5.41, 5.74) is 0. The molecular weight excluding hydrogens is 323 g/mol. The number of rotatable bonds is 2. The van der Waals surface area contributed by atoms with Gasteiger partial charge in [-0.15, -0.1) is 0 Å². The Labute approximate surface area is 114 Å². The highest BCUT2D eigenvalue weighted by molar-refractivity contribution is 9.10. The number of nitrogens with zero attached hydrogens (tertiary/aromatic N) is 1. The van der Waals surface area contributed by atoms with E-state index in [4.69, 9.17) is 0 Å². The molecule has 1 N–H and O–H groups in total. The molecule has 100 valence electrons. The van der Waals surface area contributed by atoms with E-state index in [0.29, 0.717) is 24.1 Å². The average Bonchev–Trinajstić information content (AvgIpc) is 2.28. The third-order valence-electron chi connectivity index (χ3n) is 2.92. The molecule has 0 saturated carbocycles. The van der Waals surface area contributed by atoms with Gasteiger partial charge in [-0.3, -0.25) is 0 Å². The first kappa shape index (κ1) is 13.9. The van der Waals surface area contributed by atoms with Gasteiger partial charge in [0.05, 0.1) is 0 Å². The van der Waals surface area contributed by atoms with Crippen LogP contribution in [0.25, 0.3) is 0 Å². The van der Waals surface area contributed by atoms with E-state index in [-0.39, 0.29) is 10.9 Å². The molecule has 0 spiro atoms. The Balaban J connectivity index is 2.41. The first-order chi connectivity index (χ1) is 8.43. The Hall–Kier alpha value is -0.500. The van der Waals surface area contributed by atoms with Gasteiger partial charge in [-0.05, 0) is 25.1 Å². The lowest BCUT2D eigenvalue weighted by molar-refractivity contribution is 0.283. The van der Waals surface area contributed by atoms with Gasteiger partial charge >= 0.3 is 0 Å². The number of benzene rings is 1. The standard InChI is InChI=1S/C11H14BrFN2O2S/c1-8-7-14-4-5-15(8)18(16,17)11-3-2-9(12)6-10(11)13/h2-3,6,8,14H,4-5,7H2,1H3/t8-/m1/s1. The first-order valence-corrected chi connectivity index (χ1v) is 7.84. The zero-order chi connectivity index (χ0) is 13.3. The fourth-order valence-electron chi connectivity index (χ4n) is 1.99. The molecule has 1 aliphatic rings. The monoisotopic (exact) mass is 336 g/mol. The lowest BCUT2D eigenvalue weighted by Crippen LogP contribution is -2.52. The molecule has 1 saturated heterocycles. The highest BCUT2D eigenvalue weighted by atomic mass is 79.9. The van der Waals surface area contributed by atoms with Crippen molar-refractivity contribution in [2.24, 2.45) is 0 Å². The van der Waals surface area contributed by atoms with Crippen LogP contribution in [0.3, 0.4) is 0 Å². The number of sulfonamides is 1. The van der Waals surface area contributed by atoms with Crippen LogP contribution in [0.4, 0.5) is 4.39 Å². The van der Waals surface area contributed by atoms with Crippen molar-refractivity contribution in [2.45, 2.75) is 17.9 Å². The van der Waals surface area contributed by atoms with E-state index in [1.807, 2.05) is 0 Å². The van der Waals surface area contributed by atoms with Crippen LogP contribution in [0, 0.1) is 5.82 Å². The smallest absolute Gasteiger partial charge is 0.246 e. The van der Waals surface area contributed by atoms with E-state index in [1.54, 1.807) is 6.92 Å². The average molecular weight is 337 g/mol. The van der Waals surface area contributed by atoms with E-state index < -0.39 is 15.8 Å². The van der Waals surface area contributed by atoms with Gasteiger partial charge in [0, 0.05) is 30.1 Å². The van der Waals surface area contributed by atoms with Crippen molar-refractivity contribution < 1.29 is 12.8 Å². The predicted octanol–water partition coefficient (Wildman–Crippen LogP) is 1.57. The Morgan fingerprint density at radius 2 is 2.22 bits per heavy atom. The number of nitrogens with one attached hydrogen (secondary N) is 1. The van der Waals surface area contributed by atoms with Crippen LogP contribution < -0.4 is 5.32 Å². The molecule has 7 heteroatoms. The van der Waals surface area contributed by atoms with Crippen LogP contribution in [0.15, 0.2) is 27.6 Å². The first-order valence-electron chi connectivity index (χ1n) is 5.60. The van der Waals surface area contributed by atoms with E-state index in [1.165, 1.54) is 22.5 Å². The maximum absolute atomic E-state index is 13.8. The molecule has 1 aromatic carbocycles. The molecule has 0 amide bonds. The fraction of sp³-hybridized carbons (Fsp3) is 0.455. The summed E-state index contributed by atoms with van der Waals surface area (Å²) in [4.78, 5) is -0.264. The molecule has 0 radical (unpaired) electrons. The van der Waals surface area contributed by atoms with Crippen LogP contribution >= 0.6 is 15.9 Å². The molecular formula is C11H14BrFN2O2S. The largest absolute Gasteiger partial charge is 0.314 e. The Bertz CT molecular complexity index is 550. The van der Waals surface area contributed by atoms with Crippen LogP contribution in [0.2, 0.25) is 0 Å². The molecule has 1 atom stereocenters. The summed E-state index contributed by atoms with van der Waals surface area (Å²) in [7, 11) is -3.76. The third kappa shape index (κ3) is 2.59. The van der Waals surface area contributed by atoms with Gasteiger partial charge < -0.3 is 5.32 Å². The molecule has 0 bridgehead atoms. The quantitative estimate of drug-likeness (QED) is 0.891. The van der Waals surface area contributed by atoms with Crippen molar-refractivity contribution in [3.8, 4) is 0 Å². The summed E-state index contributed by atoms with van der Waals surface area (Å²) in [6.07, 6.45) is 0. The Morgan fingerprint density at radius 3 is 2.83 bits per heavy atom. The van der Waals surface area contributed by atoms with E-state index in [9.17, 15) is 12.8 Å². The molecule has 0 unspecified atom stereocenters. The minimum atomic E-state index is -3.76. The molecule has 1 aliphatic heterocycles. The highest BCUT2D eigenvalue weighted by Crippen LogP contribution is 2.24. The van der Waals surface area contributed by atoms with Gasteiger partial charge in [-0.25, -0.2) is 12.8 Å². The van der Waals surface area contributed by atoms with Crippen LogP contribution in [0.5, 0.6) is 0 Å². The number of hydrogen-bond donors (Lipinski definition) is 1. The van der Waals surface area contributed by atoms with Crippen LogP contribution in [0.1, 0.15) is 6.92 Å². The number of piperazine rings is 1. The molecule has 2 rings (SSSR count). The van der Waals surface area contributed by atoms with E-state index >= 15 is 0 Å². The van der Waals surface area contributed by atoms with Gasteiger partial charge in [0.15, 0.2) is 0 Å². The van der Waals surface area contributed by atoms with Crippen molar-refractivity contribution in [1.29, 1.82) is 0 Å². The molecule has 1 aromatic rings. The zero-order valence-corrected chi connectivity index (χ0v) is 12.3. The molecule has 1 heterocycles. The Morgan fingerprint density at radius 1 is 1.50 bits per heavy atom. The van der Waals surface area contributed by atoms with Crippen molar-refractivity contribution in [1.82, 2.24) is 9.62 Å². The summed E-state index contributed by atoms with van der Waals surface area (Å²) >= 11 is 3.11. The summed E-state index contributed by atoms with van der Waals surface area (Å²) in [5, 5.41) is 3.10. The summed E-state index contributed by atoms with van der Waals surface area (Å²) in [5.74, 6) is -0.727. The van der Waals surface area contributed by atoms with Crippen molar-refractivity contribution in [3.05, 3.63) is 28.5 Å². The molecule has 1 fully saturated rings. The fourth-order valence-corrected chi connectivity index (χ4v) is 4.00. The van der Waals surface area contributed by atoms with Crippen molar-refractivity contribution >= 4 is 26.0 Å². The third-order valence-corrected chi connectivity index (χ3v) is 5.46. The maximum atomic E-state index is 13.8. The minimum Gasteiger partial charge on any atom is -0.314 e. The minimum absolute atomic E-state index is 0.174. The molecule has 18 heavy (non-hydrogen) atoms.